The standard InChI is InChI=1S/C27H32FN3O3S/c1-18-15-20(13-14-31(18)27(32)19-5-3-4-6-19)25-17-30(2)26-12-9-22(16-24(25)26)29-35(33,34)23-10-7-21(28)8-11-23/h7-12,16-20,29H,3-6,13-15H2,1-2H3/t18-,20-/m0/s1. The van der Waals surface area contributed by atoms with Gasteiger partial charge < -0.3 is 9.47 Å². The molecule has 2 aliphatic rings. The third-order valence-electron chi connectivity index (χ3n) is 7.70. The van der Waals surface area contributed by atoms with E-state index in [4.69, 9.17) is 0 Å². The molecule has 1 aliphatic carbocycles. The second-order valence-corrected chi connectivity index (χ2v) is 11.8. The lowest BCUT2D eigenvalue weighted by Gasteiger charge is -2.39. The van der Waals surface area contributed by atoms with E-state index in [9.17, 15) is 17.6 Å². The van der Waals surface area contributed by atoms with Crippen LogP contribution in [-0.2, 0) is 21.9 Å². The fourth-order valence-corrected chi connectivity index (χ4v) is 6.88. The number of anilines is 1. The van der Waals surface area contributed by atoms with E-state index in [2.05, 4.69) is 27.3 Å². The van der Waals surface area contributed by atoms with Crippen LogP contribution in [0.2, 0.25) is 0 Å². The van der Waals surface area contributed by atoms with E-state index in [0.717, 1.165) is 68.1 Å². The Hall–Kier alpha value is -2.87. The predicted molar refractivity (Wildman–Crippen MR) is 135 cm³/mol. The number of rotatable bonds is 5. The van der Waals surface area contributed by atoms with Crippen molar-refractivity contribution in [1.82, 2.24) is 9.47 Å². The summed E-state index contributed by atoms with van der Waals surface area (Å²) in [5.74, 6) is 0.335. The summed E-state index contributed by atoms with van der Waals surface area (Å²) < 4.78 is 43.6. The van der Waals surface area contributed by atoms with Crippen LogP contribution >= 0.6 is 0 Å². The molecule has 6 nitrogen and oxygen atoms in total. The molecule has 35 heavy (non-hydrogen) atoms. The highest BCUT2D eigenvalue weighted by atomic mass is 32.2. The molecule has 2 heterocycles. The lowest BCUT2D eigenvalue weighted by atomic mass is 9.85. The molecule has 1 saturated heterocycles. The van der Waals surface area contributed by atoms with Crippen molar-refractivity contribution in [3.63, 3.8) is 0 Å². The van der Waals surface area contributed by atoms with Crippen molar-refractivity contribution in [3.05, 3.63) is 60.0 Å². The number of sulfonamides is 1. The highest BCUT2D eigenvalue weighted by molar-refractivity contribution is 7.92. The number of halogens is 1. The fourth-order valence-electron chi connectivity index (χ4n) is 5.83. The lowest BCUT2D eigenvalue weighted by Crippen LogP contribution is -2.46. The van der Waals surface area contributed by atoms with Crippen molar-refractivity contribution < 1.29 is 17.6 Å². The summed E-state index contributed by atoms with van der Waals surface area (Å²) in [6, 6.07) is 10.5. The van der Waals surface area contributed by atoms with Crippen LogP contribution in [0.15, 0.2) is 53.6 Å². The molecule has 0 unspecified atom stereocenters. The molecule has 2 atom stereocenters. The van der Waals surface area contributed by atoms with Gasteiger partial charge >= 0.3 is 0 Å². The van der Waals surface area contributed by atoms with Crippen LogP contribution in [0.5, 0.6) is 0 Å². The van der Waals surface area contributed by atoms with Crippen molar-refractivity contribution in [2.24, 2.45) is 13.0 Å². The Balaban J connectivity index is 1.38. The third kappa shape index (κ3) is 4.68. The largest absolute Gasteiger partial charge is 0.350 e. The minimum Gasteiger partial charge on any atom is -0.350 e. The first-order valence-electron chi connectivity index (χ1n) is 12.4. The Morgan fingerprint density at radius 1 is 1.06 bits per heavy atom. The summed E-state index contributed by atoms with van der Waals surface area (Å²) in [6.07, 6.45) is 8.27. The summed E-state index contributed by atoms with van der Waals surface area (Å²) in [5, 5.41) is 1.01. The van der Waals surface area contributed by atoms with Gasteiger partial charge in [0.05, 0.1) is 4.90 Å². The van der Waals surface area contributed by atoms with Crippen LogP contribution in [0.25, 0.3) is 10.9 Å². The zero-order valence-electron chi connectivity index (χ0n) is 20.2. The summed E-state index contributed by atoms with van der Waals surface area (Å²) in [4.78, 5) is 15.1. The van der Waals surface area contributed by atoms with E-state index in [0.29, 0.717) is 17.5 Å². The molecule has 1 saturated carbocycles. The van der Waals surface area contributed by atoms with Crippen LogP contribution in [0.4, 0.5) is 10.1 Å². The SMILES string of the molecule is C[C@H]1C[C@@H](c2cn(C)c3ccc(NS(=O)(=O)c4ccc(F)cc4)cc23)CCN1C(=O)C1CCCC1. The molecule has 5 rings (SSSR count). The Morgan fingerprint density at radius 2 is 1.77 bits per heavy atom. The second kappa shape index (κ2) is 9.30. The highest BCUT2D eigenvalue weighted by Crippen LogP contribution is 2.39. The van der Waals surface area contributed by atoms with Gasteiger partial charge in [-0.3, -0.25) is 9.52 Å². The van der Waals surface area contributed by atoms with Crippen molar-refractivity contribution in [3.8, 4) is 0 Å². The molecular weight excluding hydrogens is 465 g/mol. The Bertz CT molecular complexity index is 1340. The molecule has 1 aromatic heterocycles. The van der Waals surface area contributed by atoms with E-state index in [1.54, 1.807) is 6.07 Å². The second-order valence-electron chi connectivity index (χ2n) is 10.1. The summed E-state index contributed by atoms with van der Waals surface area (Å²) in [5.41, 5.74) is 2.68. The van der Waals surface area contributed by atoms with Gasteiger partial charge in [0.25, 0.3) is 10.0 Å². The van der Waals surface area contributed by atoms with Gasteiger partial charge in [0, 0.05) is 48.3 Å². The maximum atomic E-state index is 13.2. The minimum absolute atomic E-state index is 0.0143. The van der Waals surface area contributed by atoms with E-state index in [1.165, 1.54) is 17.7 Å². The molecule has 3 aromatic rings. The molecule has 0 bridgehead atoms. The molecule has 0 radical (unpaired) electrons. The van der Waals surface area contributed by atoms with Gasteiger partial charge in [-0.05, 0) is 86.6 Å². The number of amides is 1. The van der Waals surface area contributed by atoms with Gasteiger partial charge in [0.1, 0.15) is 5.82 Å². The number of fused-ring (bicyclic) bond motifs is 1. The monoisotopic (exact) mass is 497 g/mol. The van der Waals surface area contributed by atoms with Crippen LogP contribution in [0.1, 0.15) is 56.9 Å². The van der Waals surface area contributed by atoms with Crippen molar-refractivity contribution in [2.75, 3.05) is 11.3 Å². The fraction of sp³-hybridized carbons (Fsp3) is 0.444. The number of aryl methyl sites for hydroxylation is 1. The molecule has 2 aromatic carbocycles. The minimum atomic E-state index is -3.83. The Labute approximate surface area is 206 Å². The molecule has 186 valence electrons. The number of aromatic nitrogens is 1. The molecule has 2 fully saturated rings. The van der Waals surface area contributed by atoms with Gasteiger partial charge in [-0.2, -0.15) is 0 Å². The molecule has 1 aliphatic heterocycles. The Kier molecular flexibility index (Phi) is 6.34. The first-order valence-corrected chi connectivity index (χ1v) is 13.9. The number of carbonyl (C=O) groups is 1. The van der Waals surface area contributed by atoms with Gasteiger partial charge in [0.15, 0.2) is 0 Å². The number of hydrogen-bond donors (Lipinski definition) is 1. The number of benzene rings is 2. The number of hydrogen-bond acceptors (Lipinski definition) is 3. The smallest absolute Gasteiger partial charge is 0.261 e. The van der Waals surface area contributed by atoms with Crippen LogP contribution in [0.3, 0.4) is 0 Å². The first-order chi connectivity index (χ1) is 16.7. The third-order valence-corrected chi connectivity index (χ3v) is 9.10. The molecular formula is C27H32FN3O3S. The summed E-state index contributed by atoms with van der Waals surface area (Å²) >= 11 is 0. The predicted octanol–water partition coefficient (Wildman–Crippen LogP) is 5.40. The Morgan fingerprint density at radius 3 is 2.46 bits per heavy atom. The van der Waals surface area contributed by atoms with Crippen molar-refractivity contribution >= 4 is 32.5 Å². The summed E-state index contributed by atoms with van der Waals surface area (Å²) in [6.45, 7) is 2.90. The number of likely N-dealkylation sites (tertiary alicyclic amines) is 1. The van der Waals surface area contributed by atoms with Crippen molar-refractivity contribution in [1.29, 1.82) is 0 Å². The normalized spacial score (nSPS) is 21.5. The lowest BCUT2D eigenvalue weighted by molar-refractivity contribution is -0.138. The van der Waals surface area contributed by atoms with E-state index in [1.807, 2.05) is 19.2 Å². The maximum Gasteiger partial charge on any atom is 0.261 e. The topological polar surface area (TPSA) is 71.4 Å². The number of carbonyl (C=O) groups excluding carboxylic acids is 1. The van der Waals surface area contributed by atoms with Crippen molar-refractivity contribution in [2.45, 2.75) is 62.3 Å². The van der Waals surface area contributed by atoms with Crippen LogP contribution in [0, 0.1) is 11.7 Å². The van der Waals surface area contributed by atoms with E-state index >= 15 is 0 Å². The number of piperidine rings is 1. The van der Waals surface area contributed by atoms with Crippen LogP contribution < -0.4 is 4.72 Å². The first kappa shape index (κ1) is 23.9. The van der Waals surface area contributed by atoms with Gasteiger partial charge in [0.2, 0.25) is 5.91 Å². The highest BCUT2D eigenvalue weighted by Gasteiger charge is 2.35. The average Bonchev–Trinajstić information content (AvgIpc) is 3.47. The zero-order chi connectivity index (χ0) is 24.7. The van der Waals surface area contributed by atoms with Gasteiger partial charge in [-0.1, -0.05) is 12.8 Å². The molecule has 0 spiro atoms. The van der Waals surface area contributed by atoms with Gasteiger partial charge in [-0.15, -0.1) is 0 Å². The number of nitrogens with one attached hydrogen (secondary N) is 1. The molecule has 1 N–H and O–H groups in total. The maximum absolute atomic E-state index is 13.2. The van der Waals surface area contributed by atoms with E-state index in [-0.39, 0.29) is 16.9 Å². The average molecular weight is 498 g/mol. The van der Waals surface area contributed by atoms with Crippen LogP contribution in [-0.4, -0.2) is 36.4 Å². The number of nitrogens with zero attached hydrogens (tertiary/aromatic N) is 2. The molecule has 1 amide bonds. The quantitative estimate of drug-likeness (QED) is 0.513. The summed E-state index contributed by atoms with van der Waals surface area (Å²) in [7, 11) is -1.83. The van der Waals surface area contributed by atoms with Gasteiger partial charge in [-0.25, -0.2) is 12.8 Å². The zero-order valence-corrected chi connectivity index (χ0v) is 21.0. The molecule has 8 heteroatoms. The van der Waals surface area contributed by atoms with E-state index < -0.39 is 15.8 Å².